The van der Waals surface area contributed by atoms with Crippen LogP contribution >= 0.6 is 0 Å². The van der Waals surface area contributed by atoms with Crippen LogP contribution < -0.4 is 4.74 Å². The summed E-state index contributed by atoms with van der Waals surface area (Å²) >= 11 is 0. The lowest BCUT2D eigenvalue weighted by molar-refractivity contribution is -0.137. The minimum Gasteiger partial charge on any atom is -0.481 e. The number of aryl methyl sites for hydroxylation is 1. The lowest BCUT2D eigenvalue weighted by atomic mass is 10.2. The van der Waals surface area contributed by atoms with Crippen molar-refractivity contribution in [2.45, 2.75) is 26.5 Å². The second-order valence-electron chi connectivity index (χ2n) is 5.21. The van der Waals surface area contributed by atoms with Gasteiger partial charge in [0, 0.05) is 13.6 Å². The van der Waals surface area contributed by atoms with Gasteiger partial charge in [-0.05, 0) is 31.0 Å². The molecule has 0 bridgehead atoms. The van der Waals surface area contributed by atoms with Crippen molar-refractivity contribution in [1.82, 2.24) is 4.90 Å². The van der Waals surface area contributed by atoms with Crippen LogP contribution in [0.5, 0.6) is 5.75 Å². The van der Waals surface area contributed by atoms with E-state index >= 15 is 0 Å². The summed E-state index contributed by atoms with van der Waals surface area (Å²) < 4.78 is 5.77. The van der Waals surface area contributed by atoms with Gasteiger partial charge >= 0.3 is 0 Å². The fourth-order valence-electron chi connectivity index (χ4n) is 2.18. The van der Waals surface area contributed by atoms with E-state index < -0.39 is 6.10 Å². The molecule has 0 aromatic heterocycles. The van der Waals surface area contributed by atoms with Gasteiger partial charge < -0.3 is 9.64 Å². The SMILES string of the molecule is Cc1ccccc1OC(C)C(=O)N(C)Cc1ccccc1. The summed E-state index contributed by atoms with van der Waals surface area (Å²) in [5.41, 5.74) is 2.14. The van der Waals surface area contributed by atoms with Crippen molar-refractivity contribution in [3.63, 3.8) is 0 Å². The highest BCUT2D eigenvalue weighted by Crippen LogP contribution is 2.18. The molecule has 0 saturated heterocycles. The number of carbonyl (C=O) groups is 1. The fraction of sp³-hybridized carbons (Fsp3) is 0.278. The molecule has 21 heavy (non-hydrogen) atoms. The summed E-state index contributed by atoms with van der Waals surface area (Å²) in [5.74, 6) is 0.730. The Kier molecular flexibility index (Phi) is 4.99. The number of hydrogen-bond acceptors (Lipinski definition) is 2. The fourth-order valence-corrected chi connectivity index (χ4v) is 2.18. The van der Waals surface area contributed by atoms with E-state index in [-0.39, 0.29) is 5.91 Å². The number of amides is 1. The van der Waals surface area contributed by atoms with Gasteiger partial charge in [0.15, 0.2) is 6.10 Å². The Morgan fingerprint density at radius 1 is 1.10 bits per heavy atom. The van der Waals surface area contributed by atoms with Crippen LogP contribution in [-0.4, -0.2) is 24.0 Å². The molecule has 0 saturated carbocycles. The van der Waals surface area contributed by atoms with Crippen LogP contribution in [0.3, 0.4) is 0 Å². The molecule has 0 radical (unpaired) electrons. The van der Waals surface area contributed by atoms with Gasteiger partial charge in [-0.3, -0.25) is 4.79 Å². The maximum absolute atomic E-state index is 12.4. The number of benzene rings is 2. The van der Waals surface area contributed by atoms with Crippen LogP contribution in [-0.2, 0) is 11.3 Å². The third-order valence-electron chi connectivity index (χ3n) is 3.38. The Morgan fingerprint density at radius 3 is 2.38 bits per heavy atom. The quantitative estimate of drug-likeness (QED) is 0.841. The molecular formula is C18H21NO2. The third kappa shape index (κ3) is 4.09. The summed E-state index contributed by atoms with van der Waals surface area (Å²) in [5, 5.41) is 0. The topological polar surface area (TPSA) is 29.5 Å². The van der Waals surface area contributed by atoms with Gasteiger partial charge in [0.1, 0.15) is 5.75 Å². The lowest BCUT2D eigenvalue weighted by Gasteiger charge is -2.22. The molecule has 2 aromatic rings. The normalized spacial score (nSPS) is 11.8. The average molecular weight is 283 g/mol. The number of para-hydroxylation sites is 1. The highest BCUT2D eigenvalue weighted by molar-refractivity contribution is 5.80. The zero-order valence-electron chi connectivity index (χ0n) is 12.7. The third-order valence-corrected chi connectivity index (χ3v) is 3.38. The Bertz CT molecular complexity index is 595. The zero-order valence-corrected chi connectivity index (χ0v) is 12.7. The molecule has 0 aliphatic carbocycles. The number of ether oxygens (including phenoxy) is 1. The Balaban J connectivity index is 1.97. The molecule has 0 spiro atoms. The summed E-state index contributed by atoms with van der Waals surface area (Å²) in [7, 11) is 1.80. The molecule has 1 atom stereocenters. The van der Waals surface area contributed by atoms with Crippen molar-refractivity contribution in [1.29, 1.82) is 0 Å². The minimum absolute atomic E-state index is 0.0258. The number of rotatable bonds is 5. The number of likely N-dealkylation sites (N-methyl/N-ethyl adjacent to an activating group) is 1. The van der Waals surface area contributed by atoms with Crippen LogP contribution in [0.1, 0.15) is 18.1 Å². The summed E-state index contributed by atoms with van der Waals surface area (Å²) in [6.45, 7) is 4.34. The number of nitrogens with zero attached hydrogens (tertiary/aromatic N) is 1. The molecule has 110 valence electrons. The van der Waals surface area contributed by atoms with Crippen LogP contribution in [0.4, 0.5) is 0 Å². The van der Waals surface area contributed by atoms with Crippen LogP contribution in [0, 0.1) is 6.92 Å². The van der Waals surface area contributed by atoms with E-state index in [4.69, 9.17) is 4.74 Å². The molecular weight excluding hydrogens is 262 g/mol. The first kappa shape index (κ1) is 15.1. The van der Waals surface area contributed by atoms with Gasteiger partial charge in [-0.2, -0.15) is 0 Å². The van der Waals surface area contributed by atoms with Crippen LogP contribution in [0.2, 0.25) is 0 Å². The van der Waals surface area contributed by atoms with E-state index in [9.17, 15) is 4.79 Å². The van der Waals surface area contributed by atoms with Crippen molar-refractivity contribution in [2.75, 3.05) is 7.05 Å². The van der Waals surface area contributed by atoms with Crippen LogP contribution in [0.25, 0.3) is 0 Å². The molecule has 0 aliphatic rings. The summed E-state index contributed by atoms with van der Waals surface area (Å²) in [6.07, 6.45) is -0.500. The van der Waals surface area contributed by atoms with Crippen LogP contribution in [0.15, 0.2) is 54.6 Å². The standard InChI is InChI=1S/C18H21NO2/c1-14-9-7-8-12-17(14)21-15(2)18(20)19(3)13-16-10-5-4-6-11-16/h4-12,15H,13H2,1-3H3. The van der Waals surface area contributed by atoms with E-state index in [2.05, 4.69) is 0 Å². The zero-order chi connectivity index (χ0) is 15.2. The predicted molar refractivity (Wildman–Crippen MR) is 84.2 cm³/mol. The first-order chi connectivity index (χ1) is 10.1. The highest BCUT2D eigenvalue weighted by atomic mass is 16.5. The monoisotopic (exact) mass is 283 g/mol. The molecule has 0 aliphatic heterocycles. The minimum atomic E-state index is -0.500. The van der Waals surface area contributed by atoms with Crippen molar-refractivity contribution in [3.05, 3.63) is 65.7 Å². The molecule has 0 fully saturated rings. The summed E-state index contributed by atoms with van der Waals surface area (Å²) in [4.78, 5) is 14.1. The molecule has 0 heterocycles. The first-order valence-electron chi connectivity index (χ1n) is 7.09. The maximum Gasteiger partial charge on any atom is 0.263 e. The van der Waals surface area contributed by atoms with Gasteiger partial charge in [-0.25, -0.2) is 0 Å². The molecule has 2 aromatic carbocycles. The molecule has 1 amide bonds. The van der Waals surface area contributed by atoms with Crippen molar-refractivity contribution >= 4 is 5.91 Å². The van der Waals surface area contributed by atoms with Gasteiger partial charge in [-0.1, -0.05) is 48.5 Å². The van der Waals surface area contributed by atoms with Gasteiger partial charge in [0.25, 0.3) is 5.91 Å². The second-order valence-corrected chi connectivity index (χ2v) is 5.21. The largest absolute Gasteiger partial charge is 0.481 e. The molecule has 3 nitrogen and oxygen atoms in total. The smallest absolute Gasteiger partial charge is 0.263 e. The van der Waals surface area contributed by atoms with Crippen molar-refractivity contribution in [3.8, 4) is 5.75 Å². The lowest BCUT2D eigenvalue weighted by Crippen LogP contribution is -2.37. The predicted octanol–water partition coefficient (Wildman–Crippen LogP) is 3.42. The van der Waals surface area contributed by atoms with E-state index in [1.165, 1.54) is 0 Å². The van der Waals surface area contributed by atoms with E-state index in [0.717, 1.165) is 16.9 Å². The number of carbonyl (C=O) groups excluding carboxylic acids is 1. The highest BCUT2D eigenvalue weighted by Gasteiger charge is 2.19. The van der Waals surface area contributed by atoms with Crippen molar-refractivity contribution in [2.24, 2.45) is 0 Å². The second kappa shape index (κ2) is 6.93. The molecule has 0 N–H and O–H groups in total. The van der Waals surface area contributed by atoms with Gasteiger partial charge in [0.05, 0.1) is 0 Å². The van der Waals surface area contributed by atoms with E-state index in [0.29, 0.717) is 6.54 Å². The van der Waals surface area contributed by atoms with E-state index in [1.807, 2.05) is 61.5 Å². The van der Waals surface area contributed by atoms with E-state index in [1.54, 1.807) is 18.9 Å². The molecule has 1 unspecified atom stereocenters. The average Bonchev–Trinajstić information content (AvgIpc) is 2.49. The van der Waals surface area contributed by atoms with Gasteiger partial charge in [0.2, 0.25) is 0 Å². The van der Waals surface area contributed by atoms with Gasteiger partial charge in [-0.15, -0.1) is 0 Å². The maximum atomic E-state index is 12.4. The molecule has 2 rings (SSSR count). The molecule has 3 heteroatoms. The Morgan fingerprint density at radius 2 is 1.71 bits per heavy atom. The van der Waals surface area contributed by atoms with Crippen molar-refractivity contribution < 1.29 is 9.53 Å². The Hall–Kier alpha value is -2.29. The first-order valence-corrected chi connectivity index (χ1v) is 7.09. The Labute approximate surface area is 126 Å². The number of hydrogen-bond donors (Lipinski definition) is 0. The summed E-state index contributed by atoms with van der Waals surface area (Å²) in [6, 6.07) is 17.7.